The molecule has 1 aliphatic heterocycles. The first-order valence-electron chi connectivity index (χ1n) is 6.68. The number of halogens is 1. The van der Waals surface area contributed by atoms with Crippen LogP contribution in [0.15, 0.2) is 0 Å². The Kier molecular flexibility index (Phi) is 15.1. The topological polar surface area (TPSA) is 69.9 Å². The van der Waals surface area contributed by atoms with Crippen LogP contribution in [0.2, 0.25) is 0 Å². The molecular formula is C12H26AuFO4PS+. The van der Waals surface area contributed by atoms with Crippen LogP contribution in [0.5, 0.6) is 0 Å². The molecule has 0 bridgehead atoms. The largest absolute Gasteiger partial charge is 1.00 e. The summed E-state index contributed by atoms with van der Waals surface area (Å²) in [5, 5.41) is 25.6. The third-order valence-electron chi connectivity index (χ3n) is 3.29. The van der Waals surface area contributed by atoms with Gasteiger partial charge < -0.3 is 32.7 Å². The molecule has 0 spiro atoms. The summed E-state index contributed by atoms with van der Waals surface area (Å²) >= 11 is 4.57. The van der Waals surface area contributed by atoms with E-state index in [1.54, 1.807) is 0 Å². The minimum absolute atomic E-state index is 0. The molecule has 3 N–H and O–H groups in total. The normalized spacial score (nSPS) is 33.1. The minimum atomic E-state index is -1.74. The summed E-state index contributed by atoms with van der Waals surface area (Å²) in [6.07, 6.45) is -1.40. The first kappa shape index (κ1) is 23.6. The first-order valence-corrected chi connectivity index (χ1v) is 9.27. The number of alkyl halides is 1. The van der Waals surface area contributed by atoms with E-state index in [2.05, 4.69) is 38.1 Å². The van der Waals surface area contributed by atoms with Gasteiger partial charge in [0.15, 0.2) is 6.17 Å². The molecule has 0 radical (unpaired) electrons. The molecule has 8 heteroatoms. The van der Waals surface area contributed by atoms with Crippen LogP contribution in [0.4, 0.5) is 4.39 Å². The summed E-state index contributed by atoms with van der Waals surface area (Å²) in [4.78, 5) is 0. The van der Waals surface area contributed by atoms with Crippen molar-refractivity contribution in [3.8, 4) is 0 Å². The number of hydrogen-bond donors (Lipinski definition) is 3. The molecule has 4 nitrogen and oxygen atoms in total. The van der Waals surface area contributed by atoms with E-state index in [-0.39, 0.29) is 30.3 Å². The van der Waals surface area contributed by atoms with Crippen LogP contribution in [0.1, 0.15) is 20.8 Å². The van der Waals surface area contributed by atoms with Crippen molar-refractivity contribution in [3.63, 3.8) is 0 Å². The van der Waals surface area contributed by atoms with Crippen molar-refractivity contribution in [2.45, 2.75) is 50.7 Å². The Hall–Kier alpha value is 1.29. The Bertz CT molecular complexity index is 229. The molecule has 20 heavy (non-hydrogen) atoms. The minimum Gasteiger partial charge on any atom is -0.782 e. The Morgan fingerprint density at radius 3 is 1.90 bits per heavy atom. The second-order valence-corrected chi connectivity index (χ2v) is 8.62. The van der Waals surface area contributed by atoms with Crippen molar-refractivity contribution in [2.75, 3.05) is 25.1 Å². The molecule has 1 aliphatic rings. The maximum absolute atomic E-state index is 13.0. The Morgan fingerprint density at radius 2 is 1.60 bits per heavy atom. The van der Waals surface area contributed by atoms with Crippen molar-refractivity contribution in [1.82, 2.24) is 0 Å². The molecule has 1 fully saturated rings. The van der Waals surface area contributed by atoms with Gasteiger partial charge in [0, 0.05) is 0 Å². The van der Waals surface area contributed by atoms with Crippen molar-refractivity contribution in [1.29, 1.82) is 0 Å². The summed E-state index contributed by atoms with van der Waals surface area (Å²) in [7, 11) is 0.137. The van der Waals surface area contributed by atoms with Gasteiger partial charge in [-0.15, -0.1) is 0 Å². The molecule has 1 heterocycles. The van der Waals surface area contributed by atoms with E-state index in [1.165, 1.54) is 18.5 Å². The van der Waals surface area contributed by atoms with E-state index in [0.717, 1.165) is 0 Å². The standard InChI is InChI=1S/C6H11FO4S.C6H15P.Au/c7-3-2(1-8)11-6(10)5(12)4(3)9;1-4-7(5-2)6-3;/h2-6,8-10,12H,1H2;4-6H2,1-3H3;/q;;+1/t2?,3-,4?,5+,6-;;/m0../s1. The fraction of sp³-hybridized carbons (Fsp3) is 1.00. The van der Waals surface area contributed by atoms with Gasteiger partial charge in [-0.3, -0.25) is 0 Å². The Morgan fingerprint density at radius 1 is 1.15 bits per heavy atom. The number of aliphatic hydroxyl groups is 3. The van der Waals surface area contributed by atoms with Crippen LogP contribution in [-0.2, 0) is 39.7 Å². The number of ether oxygens (including phenoxy) is 1. The van der Waals surface area contributed by atoms with Crippen LogP contribution in [-0.4, -0.2) is 70.3 Å². The van der Waals surface area contributed by atoms with Crippen LogP contribution in [0, 0.1) is 0 Å². The van der Waals surface area contributed by atoms with Crippen LogP contribution in [0.3, 0.4) is 0 Å². The first-order chi connectivity index (χ1) is 8.92. The van der Waals surface area contributed by atoms with Gasteiger partial charge in [0.05, 0.1) is 31.2 Å². The van der Waals surface area contributed by atoms with Gasteiger partial charge >= 0.3 is 22.4 Å². The molecule has 1 saturated heterocycles. The van der Waals surface area contributed by atoms with E-state index in [0.29, 0.717) is 0 Å². The average Bonchev–Trinajstić information content (AvgIpc) is 2.43. The van der Waals surface area contributed by atoms with E-state index in [1.807, 2.05) is 0 Å². The van der Waals surface area contributed by atoms with E-state index < -0.39 is 36.5 Å². The van der Waals surface area contributed by atoms with Crippen LogP contribution < -0.4 is 0 Å². The molecule has 0 aromatic carbocycles. The predicted octanol–water partition coefficient (Wildman–Crippen LogP) is 0.568. The van der Waals surface area contributed by atoms with Crippen LogP contribution >= 0.6 is 7.92 Å². The molecule has 126 valence electrons. The molecule has 2 unspecified atom stereocenters. The molecule has 0 aromatic rings. The van der Waals surface area contributed by atoms with Gasteiger partial charge in [0.25, 0.3) is 0 Å². The van der Waals surface area contributed by atoms with E-state index in [4.69, 9.17) is 15.3 Å². The Labute approximate surface area is 143 Å². The van der Waals surface area contributed by atoms with Crippen molar-refractivity contribution >= 4 is 20.6 Å². The fourth-order valence-corrected chi connectivity index (χ4v) is 3.51. The van der Waals surface area contributed by atoms with E-state index >= 15 is 0 Å². The molecule has 0 amide bonds. The SMILES string of the molecule is CC[PH+](CC)CC.OCC1O[C@H](O)[C@H]([S-])C(O)[C@H]1F.[Au+]. The molecular weight excluding hydrogens is 487 g/mol. The maximum Gasteiger partial charge on any atom is 1.00 e. The summed E-state index contributed by atoms with van der Waals surface area (Å²) < 4.78 is 17.5. The predicted molar refractivity (Wildman–Crippen MR) is 80.0 cm³/mol. The summed E-state index contributed by atoms with van der Waals surface area (Å²) in [5.41, 5.74) is 0. The van der Waals surface area contributed by atoms with Gasteiger partial charge in [-0.05, 0) is 28.7 Å². The number of hydrogen-bond acceptors (Lipinski definition) is 5. The zero-order valence-corrected chi connectivity index (χ0v) is 16.0. The number of aliphatic hydroxyl groups excluding tert-OH is 3. The van der Waals surface area contributed by atoms with Gasteiger partial charge in [0.2, 0.25) is 0 Å². The second-order valence-electron chi connectivity index (χ2n) is 4.46. The van der Waals surface area contributed by atoms with Crippen molar-refractivity contribution in [3.05, 3.63) is 0 Å². The average molecular weight is 513 g/mol. The van der Waals surface area contributed by atoms with Crippen molar-refractivity contribution in [2.24, 2.45) is 0 Å². The molecule has 0 aromatic heterocycles. The third kappa shape index (κ3) is 7.52. The monoisotopic (exact) mass is 513 g/mol. The fourth-order valence-electron chi connectivity index (χ4n) is 1.80. The summed E-state index contributed by atoms with van der Waals surface area (Å²) in [6.45, 7) is 6.33. The summed E-state index contributed by atoms with van der Waals surface area (Å²) in [5.74, 6) is 0. The molecule has 1 rings (SSSR count). The summed E-state index contributed by atoms with van der Waals surface area (Å²) in [6, 6.07) is 0. The quantitative estimate of drug-likeness (QED) is 0.292. The van der Waals surface area contributed by atoms with Gasteiger partial charge in [-0.2, -0.15) is 0 Å². The van der Waals surface area contributed by atoms with Gasteiger partial charge in [0.1, 0.15) is 12.4 Å². The smallest absolute Gasteiger partial charge is 0.782 e. The molecule has 5 atom stereocenters. The number of rotatable bonds is 4. The third-order valence-corrected chi connectivity index (χ3v) is 6.80. The zero-order valence-electron chi connectivity index (χ0n) is 12.1. The maximum atomic E-state index is 13.0. The Balaban J connectivity index is 0. The zero-order chi connectivity index (χ0) is 15.0. The molecule has 0 saturated carbocycles. The van der Waals surface area contributed by atoms with Gasteiger partial charge in [-0.1, -0.05) is 5.25 Å². The van der Waals surface area contributed by atoms with Gasteiger partial charge in [-0.25, -0.2) is 4.39 Å². The van der Waals surface area contributed by atoms with Crippen LogP contribution in [0.25, 0.3) is 0 Å². The molecule has 0 aliphatic carbocycles. The van der Waals surface area contributed by atoms with Crippen molar-refractivity contribution < 1.29 is 46.8 Å². The van der Waals surface area contributed by atoms with E-state index in [9.17, 15) is 4.39 Å². The second kappa shape index (κ2) is 12.8.